The van der Waals surface area contributed by atoms with E-state index in [1.165, 1.54) is 33.0 Å². The summed E-state index contributed by atoms with van der Waals surface area (Å²) in [7, 11) is 4.36. The Hall–Kier alpha value is -4.87. The van der Waals surface area contributed by atoms with Crippen LogP contribution in [0.1, 0.15) is 85.4 Å². The summed E-state index contributed by atoms with van der Waals surface area (Å²) >= 11 is 0. The van der Waals surface area contributed by atoms with E-state index in [9.17, 15) is 29.4 Å². The van der Waals surface area contributed by atoms with Gasteiger partial charge in [-0.05, 0) is 56.9 Å². The number of ether oxygens (including phenoxy) is 7. The number of benzene rings is 2. The molecule has 11 atom stereocenters. The third-order valence-electron chi connectivity index (χ3n) is 13.4. The maximum atomic E-state index is 15.8. The van der Waals surface area contributed by atoms with Crippen molar-refractivity contribution < 1.29 is 67.3 Å². The molecule has 0 aromatic heterocycles. The predicted octanol–water partition coefficient (Wildman–Crippen LogP) is 4.98. The lowest BCUT2D eigenvalue weighted by atomic mass is 9.44. The Morgan fingerprint density at radius 3 is 2.14 bits per heavy atom. The van der Waals surface area contributed by atoms with Crippen molar-refractivity contribution in [2.45, 2.75) is 134 Å². The first-order chi connectivity index (χ1) is 29.4. The van der Waals surface area contributed by atoms with Crippen molar-refractivity contribution in [2.24, 2.45) is 16.7 Å². The van der Waals surface area contributed by atoms with Crippen LogP contribution in [0.4, 0.5) is 9.59 Å². The molecular weight excluding hydrogens is 817 g/mol. The number of rotatable bonds is 11. The molecule has 16 nitrogen and oxygen atoms in total. The second-order valence-corrected chi connectivity index (χ2v) is 19.1. The molecule has 3 aliphatic carbocycles. The zero-order valence-electron chi connectivity index (χ0n) is 38.0. The molecule has 344 valence electrons. The molecule has 1 unspecified atom stereocenters. The molecule has 0 spiro atoms. The van der Waals surface area contributed by atoms with Gasteiger partial charge in [-0.3, -0.25) is 9.59 Å². The highest BCUT2D eigenvalue weighted by Crippen LogP contribution is 2.65. The number of hydrogen-bond donors (Lipinski definition) is 3. The third-order valence-corrected chi connectivity index (χ3v) is 13.4. The van der Waals surface area contributed by atoms with Gasteiger partial charge >= 0.3 is 24.1 Å². The van der Waals surface area contributed by atoms with Gasteiger partial charge in [0.1, 0.15) is 35.6 Å². The minimum Gasteiger partial charge on any atom is -0.456 e. The molecule has 2 aromatic rings. The molecule has 4 aliphatic rings. The fourth-order valence-corrected chi connectivity index (χ4v) is 10.2. The lowest BCUT2D eigenvalue weighted by Gasteiger charge is -2.68. The van der Waals surface area contributed by atoms with Gasteiger partial charge in [0.05, 0.1) is 30.8 Å². The minimum absolute atomic E-state index is 0.0364. The van der Waals surface area contributed by atoms with Crippen molar-refractivity contribution in [3.63, 3.8) is 0 Å². The lowest BCUT2D eigenvalue weighted by molar-refractivity contribution is -0.351. The van der Waals surface area contributed by atoms with Gasteiger partial charge < -0.3 is 53.6 Å². The van der Waals surface area contributed by atoms with Crippen molar-refractivity contribution in [3.05, 3.63) is 82.9 Å². The number of aliphatic hydroxyl groups is 2. The molecule has 1 heterocycles. The average molecular weight is 879 g/mol. The fourth-order valence-electron chi connectivity index (χ4n) is 10.2. The van der Waals surface area contributed by atoms with Crippen molar-refractivity contribution >= 4 is 29.9 Å². The number of Topliss-reactive ketones (excluding diaryl/α,β-unsaturated/α-hetero) is 1. The molecular formula is C47H62N2O14. The number of fused-ring (bicyclic) bond motifs is 5. The Bertz CT molecular complexity index is 2080. The van der Waals surface area contributed by atoms with Gasteiger partial charge in [0.2, 0.25) is 0 Å². The van der Waals surface area contributed by atoms with E-state index < -0.39 is 106 Å². The number of carbonyl (C=O) groups excluding carboxylic acids is 5. The number of aliphatic hydroxyl groups excluding tert-OH is 1. The minimum atomic E-state index is -2.09. The predicted molar refractivity (Wildman–Crippen MR) is 226 cm³/mol. The third kappa shape index (κ3) is 8.60. The molecule has 1 aliphatic heterocycles. The van der Waals surface area contributed by atoms with Gasteiger partial charge in [-0.25, -0.2) is 14.4 Å². The Labute approximate surface area is 368 Å². The first-order valence-corrected chi connectivity index (χ1v) is 21.2. The Balaban J connectivity index is 1.53. The molecule has 2 aromatic carbocycles. The van der Waals surface area contributed by atoms with Crippen molar-refractivity contribution in [2.75, 3.05) is 27.8 Å². The maximum Gasteiger partial charge on any atom is 0.409 e. The molecule has 6 rings (SSSR count). The SMILES string of the molecule is CO[C@H]1C(=O)[C@@]2(C)C([C@H](OCc3ccccc3)[C@@]3(O)C[C@H](OC(=O)[C@H](O)[C@@H](NC(=O)OC(C)(C)C)c4ccccc4)C(C)=C1C3(C)C)[C@]1(OC(C)=O)CO[C@@H]1C[C@@H]2OC(=O)N(C)C. The number of alkyl carbamates (subject to hydrolysis) is 1. The number of amides is 2. The molecule has 3 N–H and O–H groups in total. The normalized spacial score (nSPS) is 31.9. The van der Waals surface area contributed by atoms with Crippen LogP contribution >= 0.6 is 0 Å². The van der Waals surface area contributed by atoms with Crippen molar-refractivity contribution in [3.8, 4) is 0 Å². The largest absolute Gasteiger partial charge is 0.456 e. The van der Waals surface area contributed by atoms with Gasteiger partial charge in [0.25, 0.3) is 0 Å². The van der Waals surface area contributed by atoms with Crippen LogP contribution in [0.25, 0.3) is 0 Å². The number of nitrogens with zero attached hydrogens (tertiary/aromatic N) is 1. The number of nitrogens with one attached hydrogen (secondary N) is 1. The van der Waals surface area contributed by atoms with Crippen molar-refractivity contribution in [1.82, 2.24) is 10.2 Å². The van der Waals surface area contributed by atoms with Gasteiger partial charge in [-0.15, -0.1) is 0 Å². The summed E-state index contributed by atoms with van der Waals surface area (Å²) in [5, 5.41) is 28.2. The maximum absolute atomic E-state index is 15.8. The summed E-state index contributed by atoms with van der Waals surface area (Å²) in [6.45, 7) is 12.8. The van der Waals surface area contributed by atoms with Crippen LogP contribution in [0, 0.1) is 16.7 Å². The molecule has 3 fully saturated rings. The smallest absolute Gasteiger partial charge is 0.409 e. The van der Waals surface area contributed by atoms with Gasteiger partial charge in [-0.2, -0.15) is 0 Å². The Kier molecular flexibility index (Phi) is 13.3. The van der Waals surface area contributed by atoms with E-state index in [4.69, 9.17) is 33.2 Å². The molecule has 2 amide bonds. The molecule has 63 heavy (non-hydrogen) atoms. The Morgan fingerprint density at radius 2 is 1.60 bits per heavy atom. The molecule has 1 saturated heterocycles. The molecule has 0 radical (unpaired) electrons. The zero-order valence-corrected chi connectivity index (χ0v) is 38.0. The summed E-state index contributed by atoms with van der Waals surface area (Å²) in [6.07, 6.45) is -10.2. The summed E-state index contributed by atoms with van der Waals surface area (Å²) in [5.41, 5.74) is -5.98. The molecule has 2 bridgehead atoms. The summed E-state index contributed by atoms with van der Waals surface area (Å²) < 4.78 is 43.2. The first kappa shape index (κ1) is 47.6. The summed E-state index contributed by atoms with van der Waals surface area (Å²) in [6, 6.07) is 16.2. The van der Waals surface area contributed by atoms with Gasteiger partial charge in [0.15, 0.2) is 17.5 Å². The highest BCUT2D eigenvalue weighted by molar-refractivity contribution is 5.94. The molecule has 2 saturated carbocycles. The van der Waals surface area contributed by atoms with E-state index in [0.717, 1.165) is 5.56 Å². The van der Waals surface area contributed by atoms with Crippen LogP contribution in [-0.2, 0) is 54.1 Å². The van der Waals surface area contributed by atoms with E-state index in [1.807, 2.05) is 30.3 Å². The summed E-state index contributed by atoms with van der Waals surface area (Å²) in [5.74, 6) is -3.64. The molecule has 16 heteroatoms. The van der Waals surface area contributed by atoms with Crippen LogP contribution in [0.3, 0.4) is 0 Å². The lowest BCUT2D eigenvalue weighted by Crippen LogP contribution is -2.82. The fraction of sp³-hybridized carbons (Fsp3) is 0.596. The van der Waals surface area contributed by atoms with Crippen LogP contribution in [-0.4, -0.2) is 126 Å². The second kappa shape index (κ2) is 17.6. The Morgan fingerprint density at radius 1 is 0.984 bits per heavy atom. The van der Waals surface area contributed by atoms with Crippen LogP contribution in [0.15, 0.2) is 71.8 Å². The topological polar surface area (TPSA) is 206 Å². The second-order valence-electron chi connectivity index (χ2n) is 19.1. The highest BCUT2D eigenvalue weighted by Gasteiger charge is 2.78. The van der Waals surface area contributed by atoms with E-state index in [1.54, 1.807) is 78.8 Å². The zero-order chi connectivity index (χ0) is 46.4. The van der Waals surface area contributed by atoms with Crippen molar-refractivity contribution in [1.29, 1.82) is 0 Å². The summed E-state index contributed by atoms with van der Waals surface area (Å²) in [4.78, 5) is 71.0. The van der Waals surface area contributed by atoms with E-state index in [-0.39, 0.29) is 31.6 Å². The van der Waals surface area contributed by atoms with Gasteiger partial charge in [0, 0.05) is 52.3 Å². The number of methoxy groups -OCH3 is 1. The van der Waals surface area contributed by atoms with Gasteiger partial charge in [-0.1, -0.05) is 74.5 Å². The van der Waals surface area contributed by atoms with Crippen LogP contribution < -0.4 is 5.32 Å². The number of carbonyl (C=O) groups is 5. The number of ketones is 1. The number of esters is 2. The first-order valence-electron chi connectivity index (χ1n) is 21.2. The quantitative estimate of drug-likeness (QED) is 0.155. The highest BCUT2D eigenvalue weighted by atomic mass is 16.6. The monoisotopic (exact) mass is 878 g/mol. The standard InChI is InChI=1S/C47H62N2O14/c1-26-30(60-40(53)35(51)34(29-20-16-13-17-21-29)48-41(54)63-43(3,4)5)23-47(56)39(58-24-28-18-14-12-15-19-28)37-45(8,38(52)36(57-11)33(26)44(47,6)7)31(61-42(55)49(9)10)22-32-46(37,25-59-32)62-27(2)50/h12-21,30-32,34-37,39,51,56H,22-25H2,1-11H3,(H,48,54)/t30-,31-,32+,34-,35+,36+,37?,39-,45+,46-,47-/m0/s1. The van der Waals surface area contributed by atoms with Crippen LogP contribution in [0.5, 0.6) is 0 Å². The average Bonchev–Trinajstić information content (AvgIpc) is 3.20. The van der Waals surface area contributed by atoms with E-state index in [0.29, 0.717) is 11.1 Å². The van der Waals surface area contributed by atoms with E-state index >= 15 is 4.79 Å². The number of hydrogen-bond acceptors (Lipinski definition) is 14. The van der Waals surface area contributed by atoms with Crippen LogP contribution in [0.2, 0.25) is 0 Å². The van der Waals surface area contributed by atoms with E-state index in [2.05, 4.69) is 5.32 Å².